The van der Waals surface area contributed by atoms with Gasteiger partial charge in [-0.25, -0.2) is 4.39 Å². The number of benzene rings is 2. The summed E-state index contributed by atoms with van der Waals surface area (Å²) in [6, 6.07) is 10.9. The molecule has 0 aliphatic heterocycles. The molecule has 2 rings (SSSR count). The normalized spacial score (nSPS) is 12.2. The van der Waals surface area contributed by atoms with Crippen LogP contribution >= 0.6 is 31.9 Å². The van der Waals surface area contributed by atoms with Crippen LogP contribution in [0.15, 0.2) is 45.3 Å². The molecule has 1 N–H and O–H groups in total. The summed E-state index contributed by atoms with van der Waals surface area (Å²) in [6.07, 6.45) is 0. The fraction of sp³-hybridized carbons (Fsp3) is 0.250. The van der Waals surface area contributed by atoms with Crippen LogP contribution in [0.5, 0.6) is 5.75 Å². The van der Waals surface area contributed by atoms with Gasteiger partial charge < -0.3 is 10.1 Å². The van der Waals surface area contributed by atoms with E-state index in [2.05, 4.69) is 44.1 Å². The molecular formula is C16H16Br2FNO. The van der Waals surface area contributed by atoms with Gasteiger partial charge in [-0.3, -0.25) is 0 Å². The zero-order chi connectivity index (χ0) is 15.4. The van der Waals surface area contributed by atoms with Crippen LogP contribution in [-0.2, 0) is 6.61 Å². The highest BCUT2D eigenvalue weighted by atomic mass is 79.9. The molecule has 0 fully saturated rings. The molecule has 5 heteroatoms. The molecule has 0 aliphatic carbocycles. The van der Waals surface area contributed by atoms with E-state index in [4.69, 9.17) is 4.74 Å². The number of rotatable bonds is 5. The van der Waals surface area contributed by atoms with Gasteiger partial charge in [0, 0.05) is 26.1 Å². The summed E-state index contributed by atoms with van der Waals surface area (Å²) in [6.45, 7) is 2.24. The van der Waals surface area contributed by atoms with Crippen molar-refractivity contribution in [1.82, 2.24) is 5.32 Å². The van der Waals surface area contributed by atoms with Crippen LogP contribution in [0, 0.1) is 5.82 Å². The van der Waals surface area contributed by atoms with Gasteiger partial charge in [0.2, 0.25) is 0 Å². The Balaban J connectivity index is 2.23. The molecule has 21 heavy (non-hydrogen) atoms. The van der Waals surface area contributed by atoms with Gasteiger partial charge in [-0.05, 0) is 44.3 Å². The van der Waals surface area contributed by atoms with E-state index in [1.807, 2.05) is 25.2 Å². The van der Waals surface area contributed by atoms with Crippen LogP contribution < -0.4 is 10.1 Å². The fourth-order valence-corrected chi connectivity index (χ4v) is 2.70. The number of nitrogens with one attached hydrogen (secondary N) is 1. The molecule has 2 aromatic rings. The van der Waals surface area contributed by atoms with Gasteiger partial charge in [0.05, 0.1) is 0 Å². The first kappa shape index (κ1) is 16.5. The molecule has 0 bridgehead atoms. The molecule has 0 saturated carbocycles. The quantitative estimate of drug-likeness (QED) is 0.722. The Hall–Kier alpha value is -0.910. The van der Waals surface area contributed by atoms with Crippen molar-refractivity contribution in [2.24, 2.45) is 0 Å². The third kappa shape index (κ3) is 4.28. The topological polar surface area (TPSA) is 21.3 Å². The lowest BCUT2D eigenvalue weighted by molar-refractivity contribution is 0.294. The van der Waals surface area contributed by atoms with Gasteiger partial charge in [-0.2, -0.15) is 0 Å². The second-order valence-electron chi connectivity index (χ2n) is 4.72. The first-order valence-electron chi connectivity index (χ1n) is 6.54. The molecular weight excluding hydrogens is 401 g/mol. The van der Waals surface area contributed by atoms with Crippen LogP contribution in [0.4, 0.5) is 4.39 Å². The van der Waals surface area contributed by atoms with E-state index < -0.39 is 0 Å². The maximum atomic E-state index is 13.8. The van der Waals surface area contributed by atoms with Crippen molar-refractivity contribution in [2.75, 3.05) is 7.05 Å². The van der Waals surface area contributed by atoms with Crippen LogP contribution in [0.2, 0.25) is 0 Å². The Morgan fingerprint density at radius 2 is 1.81 bits per heavy atom. The van der Waals surface area contributed by atoms with Crippen molar-refractivity contribution in [3.63, 3.8) is 0 Å². The minimum Gasteiger partial charge on any atom is -0.488 e. The molecule has 0 radical (unpaired) electrons. The molecule has 0 saturated heterocycles. The second-order valence-corrected chi connectivity index (χ2v) is 6.55. The van der Waals surface area contributed by atoms with E-state index in [0.717, 1.165) is 20.3 Å². The van der Waals surface area contributed by atoms with Crippen LogP contribution in [-0.4, -0.2) is 7.05 Å². The Morgan fingerprint density at radius 3 is 2.52 bits per heavy atom. The molecule has 1 atom stereocenters. The van der Waals surface area contributed by atoms with E-state index in [9.17, 15) is 4.39 Å². The molecule has 2 aromatic carbocycles. The van der Waals surface area contributed by atoms with Crippen molar-refractivity contribution in [2.45, 2.75) is 19.6 Å². The van der Waals surface area contributed by atoms with Crippen LogP contribution in [0.25, 0.3) is 0 Å². The average molecular weight is 417 g/mol. The summed E-state index contributed by atoms with van der Waals surface area (Å²) in [5.41, 5.74) is 1.56. The van der Waals surface area contributed by atoms with Crippen molar-refractivity contribution in [3.05, 3.63) is 62.3 Å². The third-order valence-corrected chi connectivity index (χ3v) is 4.25. The summed E-state index contributed by atoms with van der Waals surface area (Å²) >= 11 is 6.78. The number of ether oxygens (including phenoxy) is 1. The molecule has 1 unspecified atom stereocenters. The Kier molecular flexibility index (Phi) is 5.79. The van der Waals surface area contributed by atoms with E-state index in [1.165, 1.54) is 6.07 Å². The lowest BCUT2D eigenvalue weighted by atomic mass is 10.1. The number of hydrogen-bond donors (Lipinski definition) is 1. The fourth-order valence-electron chi connectivity index (χ4n) is 1.96. The highest BCUT2D eigenvalue weighted by Crippen LogP contribution is 2.29. The van der Waals surface area contributed by atoms with Gasteiger partial charge >= 0.3 is 0 Å². The zero-order valence-corrected chi connectivity index (χ0v) is 15.0. The van der Waals surface area contributed by atoms with Gasteiger partial charge in [0.15, 0.2) is 0 Å². The van der Waals surface area contributed by atoms with Gasteiger partial charge in [0.25, 0.3) is 0 Å². The third-order valence-electron chi connectivity index (χ3n) is 3.27. The molecule has 2 nitrogen and oxygen atoms in total. The smallest absolute Gasteiger partial charge is 0.129 e. The van der Waals surface area contributed by atoms with E-state index in [0.29, 0.717) is 5.56 Å². The summed E-state index contributed by atoms with van der Waals surface area (Å²) in [5, 5.41) is 3.18. The van der Waals surface area contributed by atoms with E-state index in [1.54, 1.807) is 12.1 Å². The first-order chi connectivity index (χ1) is 10.0. The van der Waals surface area contributed by atoms with Gasteiger partial charge in [-0.15, -0.1) is 0 Å². The highest BCUT2D eigenvalue weighted by molar-refractivity contribution is 9.10. The highest BCUT2D eigenvalue weighted by Gasteiger charge is 2.12. The summed E-state index contributed by atoms with van der Waals surface area (Å²) in [4.78, 5) is 0. The average Bonchev–Trinajstić information content (AvgIpc) is 2.47. The summed E-state index contributed by atoms with van der Waals surface area (Å²) in [5.74, 6) is 0.474. The van der Waals surface area contributed by atoms with E-state index in [-0.39, 0.29) is 18.5 Å². The van der Waals surface area contributed by atoms with Gasteiger partial charge in [-0.1, -0.05) is 37.9 Å². The molecule has 0 heterocycles. The summed E-state index contributed by atoms with van der Waals surface area (Å²) < 4.78 is 21.4. The van der Waals surface area contributed by atoms with Crippen molar-refractivity contribution in [3.8, 4) is 5.75 Å². The molecule has 0 aromatic heterocycles. The Bertz CT molecular complexity index is 634. The monoisotopic (exact) mass is 415 g/mol. The largest absolute Gasteiger partial charge is 0.488 e. The molecule has 112 valence electrons. The minimum absolute atomic E-state index is 0.153. The zero-order valence-electron chi connectivity index (χ0n) is 11.8. The maximum absolute atomic E-state index is 13.8. The molecule has 0 aliphatic rings. The van der Waals surface area contributed by atoms with Crippen molar-refractivity contribution >= 4 is 31.9 Å². The number of hydrogen-bond acceptors (Lipinski definition) is 2. The number of halogens is 3. The van der Waals surface area contributed by atoms with Crippen molar-refractivity contribution < 1.29 is 9.13 Å². The van der Waals surface area contributed by atoms with Crippen LogP contribution in [0.3, 0.4) is 0 Å². The Labute approximate surface area is 141 Å². The van der Waals surface area contributed by atoms with Crippen LogP contribution in [0.1, 0.15) is 24.1 Å². The molecule has 0 spiro atoms. The van der Waals surface area contributed by atoms with Crippen molar-refractivity contribution in [1.29, 1.82) is 0 Å². The first-order valence-corrected chi connectivity index (χ1v) is 8.13. The van der Waals surface area contributed by atoms with E-state index >= 15 is 0 Å². The SMILES string of the molecule is CNC(C)c1ccc(Br)cc1OCc1cc(Br)ccc1F. The molecule has 0 amide bonds. The maximum Gasteiger partial charge on any atom is 0.129 e. The second kappa shape index (κ2) is 7.38. The predicted octanol–water partition coefficient (Wildman–Crippen LogP) is 5.21. The lowest BCUT2D eigenvalue weighted by Crippen LogP contribution is -2.14. The lowest BCUT2D eigenvalue weighted by Gasteiger charge is -2.17. The summed E-state index contributed by atoms with van der Waals surface area (Å²) in [7, 11) is 1.89. The standard InChI is InChI=1S/C16H16Br2FNO/c1-10(20-2)14-5-3-13(18)8-16(14)21-9-11-7-12(17)4-6-15(11)19/h3-8,10,20H,9H2,1-2H3. The minimum atomic E-state index is -0.267. The predicted molar refractivity (Wildman–Crippen MR) is 90.0 cm³/mol. The Morgan fingerprint density at radius 1 is 1.14 bits per heavy atom. The van der Waals surface area contributed by atoms with Gasteiger partial charge in [0.1, 0.15) is 18.2 Å².